The maximum absolute atomic E-state index is 13.7. The molecule has 0 spiro atoms. The fourth-order valence-electron chi connectivity index (χ4n) is 1.87. The highest BCUT2D eigenvalue weighted by Gasteiger charge is 2.30. The molecule has 0 heterocycles. The van der Waals surface area contributed by atoms with Crippen LogP contribution in [0.4, 0.5) is 23.2 Å². The van der Waals surface area contributed by atoms with Gasteiger partial charge >= 0.3 is 6.18 Å². The molecule has 0 atom stereocenters. The van der Waals surface area contributed by atoms with Gasteiger partial charge in [0.25, 0.3) is 10.0 Å². The molecule has 0 saturated heterocycles. The molecule has 0 aliphatic heterocycles. The van der Waals surface area contributed by atoms with Crippen molar-refractivity contribution in [1.82, 2.24) is 0 Å². The Labute approximate surface area is 136 Å². The summed E-state index contributed by atoms with van der Waals surface area (Å²) in [5, 5.41) is 0. The molecule has 0 aliphatic rings. The molecule has 9 heteroatoms. The van der Waals surface area contributed by atoms with Gasteiger partial charge in [0.05, 0.1) is 22.8 Å². The second-order valence-corrected chi connectivity index (χ2v) is 6.39. The van der Waals surface area contributed by atoms with Gasteiger partial charge in [0.1, 0.15) is 0 Å². The van der Waals surface area contributed by atoms with Crippen LogP contribution in [0.5, 0.6) is 5.75 Å². The Morgan fingerprint density at radius 1 is 1.08 bits per heavy atom. The molecular formula is C15H13F4NO3S. The number of anilines is 1. The molecule has 130 valence electrons. The second-order valence-electron chi connectivity index (χ2n) is 4.71. The average Bonchev–Trinajstić information content (AvgIpc) is 2.49. The van der Waals surface area contributed by atoms with Crippen molar-refractivity contribution in [3.05, 3.63) is 53.8 Å². The molecule has 1 N–H and O–H groups in total. The molecule has 0 bridgehead atoms. The van der Waals surface area contributed by atoms with Crippen LogP contribution in [0.15, 0.2) is 47.4 Å². The Balaban J connectivity index is 2.24. The summed E-state index contributed by atoms with van der Waals surface area (Å²) >= 11 is 0. The topological polar surface area (TPSA) is 55.4 Å². The van der Waals surface area contributed by atoms with Crippen molar-refractivity contribution in [2.24, 2.45) is 0 Å². The summed E-state index contributed by atoms with van der Waals surface area (Å²) in [6, 6.07) is 6.44. The molecule has 0 amide bonds. The van der Waals surface area contributed by atoms with E-state index in [0.29, 0.717) is 12.1 Å². The minimum Gasteiger partial charge on any atom is -0.491 e. The molecule has 24 heavy (non-hydrogen) atoms. The van der Waals surface area contributed by atoms with Crippen molar-refractivity contribution < 1.29 is 30.7 Å². The van der Waals surface area contributed by atoms with Crippen LogP contribution < -0.4 is 9.46 Å². The van der Waals surface area contributed by atoms with Gasteiger partial charge in [0.15, 0.2) is 11.6 Å². The highest BCUT2D eigenvalue weighted by molar-refractivity contribution is 7.92. The number of hydrogen-bond donors (Lipinski definition) is 1. The number of rotatable bonds is 5. The van der Waals surface area contributed by atoms with Gasteiger partial charge in [-0.3, -0.25) is 4.72 Å². The van der Waals surface area contributed by atoms with Gasteiger partial charge in [0.2, 0.25) is 0 Å². The molecule has 2 aromatic carbocycles. The van der Waals surface area contributed by atoms with Crippen molar-refractivity contribution in [1.29, 1.82) is 0 Å². The molecule has 2 rings (SSSR count). The first-order chi connectivity index (χ1) is 11.1. The maximum Gasteiger partial charge on any atom is 0.416 e. The first-order valence-electron chi connectivity index (χ1n) is 6.76. The number of hydrogen-bond acceptors (Lipinski definition) is 3. The Morgan fingerprint density at radius 3 is 2.21 bits per heavy atom. The Hall–Kier alpha value is -2.29. The number of benzene rings is 2. The van der Waals surface area contributed by atoms with Crippen molar-refractivity contribution >= 4 is 15.7 Å². The lowest BCUT2D eigenvalue weighted by atomic mass is 10.2. The maximum atomic E-state index is 13.7. The number of nitrogens with one attached hydrogen (secondary N) is 1. The quantitative estimate of drug-likeness (QED) is 0.816. The fourth-order valence-corrected chi connectivity index (χ4v) is 2.92. The zero-order chi connectivity index (χ0) is 18.0. The predicted octanol–water partition coefficient (Wildman–Crippen LogP) is 4.04. The van der Waals surface area contributed by atoms with Gasteiger partial charge in [0, 0.05) is 6.07 Å². The summed E-state index contributed by atoms with van der Waals surface area (Å²) in [5.41, 5.74) is -1.04. The lowest BCUT2D eigenvalue weighted by molar-refractivity contribution is -0.137. The summed E-state index contributed by atoms with van der Waals surface area (Å²) in [7, 11) is -4.14. The molecule has 2 aromatic rings. The van der Waals surface area contributed by atoms with Crippen LogP contribution in [0, 0.1) is 5.82 Å². The molecular weight excluding hydrogens is 350 g/mol. The van der Waals surface area contributed by atoms with E-state index in [1.807, 2.05) is 0 Å². The molecule has 0 unspecified atom stereocenters. The van der Waals surface area contributed by atoms with E-state index in [-0.39, 0.29) is 22.9 Å². The highest BCUT2D eigenvalue weighted by Crippen LogP contribution is 2.30. The summed E-state index contributed by atoms with van der Waals surface area (Å²) in [6.07, 6.45) is -4.56. The van der Waals surface area contributed by atoms with Crippen molar-refractivity contribution in [2.45, 2.75) is 18.0 Å². The van der Waals surface area contributed by atoms with Gasteiger partial charge in [-0.25, -0.2) is 12.8 Å². The van der Waals surface area contributed by atoms with Gasteiger partial charge in [-0.2, -0.15) is 13.2 Å². The minimum absolute atomic E-state index is 0.0324. The van der Waals surface area contributed by atoms with E-state index in [4.69, 9.17) is 4.74 Å². The summed E-state index contributed by atoms with van der Waals surface area (Å²) in [5.74, 6) is -0.792. The van der Waals surface area contributed by atoms with E-state index < -0.39 is 27.6 Å². The third kappa shape index (κ3) is 4.16. The number of alkyl halides is 3. The van der Waals surface area contributed by atoms with Crippen molar-refractivity contribution in [2.75, 3.05) is 11.3 Å². The SMILES string of the molecule is CCOc1ccc(NS(=O)(=O)c2ccc(C(F)(F)F)cc2)cc1F. The predicted molar refractivity (Wildman–Crippen MR) is 79.8 cm³/mol. The molecule has 0 aromatic heterocycles. The van der Waals surface area contributed by atoms with Gasteiger partial charge in [-0.1, -0.05) is 0 Å². The molecule has 0 radical (unpaired) electrons. The van der Waals surface area contributed by atoms with Crippen LogP contribution >= 0.6 is 0 Å². The zero-order valence-electron chi connectivity index (χ0n) is 12.4. The molecule has 0 saturated carbocycles. The third-order valence-corrected chi connectivity index (χ3v) is 4.37. The van der Waals surface area contributed by atoms with E-state index >= 15 is 0 Å². The fraction of sp³-hybridized carbons (Fsp3) is 0.200. The van der Waals surface area contributed by atoms with E-state index in [0.717, 1.165) is 18.2 Å². The largest absolute Gasteiger partial charge is 0.491 e. The Bertz CT molecular complexity index is 818. The van der Waals surface area contributed by atoms with Crippen molar-refractivity contribution in [3.8, 4) is 5.75 Å². The molecule has 0 aliphatic carbocycles. The summed E-state index contributed by atoms with van der Waals surface area (Å²) in [6.45, 7) is 1.91. The van der Waals surface area contributed by atoms with Gasteiger partial charge in [-0.15, -0.1) is 0 Å². The van der Waals surface area contributed by atoms with E-state index in [9.17, 15) is 26.0 Å². The first kappa shape index (κ1) is 18.1. The average molecular weight is 363 g/mol. The standard InChI is InChI=1S/C15H13F4NO3S/c1-2-23-14-8-5-11(9-13(14)16)20-24(21,22)12-6-3-10(4-7-12)15(17,18)19/h3-9,20H,2H2,1H3. The van der Waals surface area contributed by atoms with E-state index in [1.54, 1.807) is 6.92 Å². The smallest absolute Gasteiger partial charge is 0.416 e. The van der Waals surface area contributed by atoms with Crippen LogP contribution in [-0.4, -0.2) is 15.0 Å². The molecule has 4 nitrogen and oxygen atoms in total. The number of sulfonamides is 1. The highest BCUT2D eigenvalue weighted by atomic mass is 32.2. The monoisotopic (exact) mass is 363 g/mol. The van der Waals surface area contributed by atoms with Gasteiger partial charge in [-0.05, 0) is 43.3 Å². The van der Waals surface area contributed by atoms with Crippen LogP contribution in [-0.2, 0) is 16.2 Å². The zero-order valence-corrected chi connectivity index (χ0v) is 13.2. The minimum atomic E-state index is -4.56. The van der Waals surface area contributed by atoms with Crippen molar-refractivity contribution in [3.63, 3.8) is 0 Å². The van der Waals surface area contributed by atoms with Crippen LogP contribution in [0.25, 0.3) is 0 Å². The number of ether oxygens (including phenoxy) is 1. The Kier molecular flexibility index (Phi) is 5.02. The molecule has 0 fully saturated rings. The Morgan fingerprint density at radius 2 is 1.71 bits per heavy atom. The van der Waals surface area contributed by atoms with Crippen LogP contribution in [0.2, 0.25) is 0 Å². The van der Waals surface area contributed by atoms with E-state index in [2.05, 4.69) is 4.72 Å². The lowest BCUT2D eigenvalue weighted by Gasteiger charge is -2.11. The summed E-state index contributed by atoms with van der Waals surface area (Å²) in [4.78, 5) is -0.371. The van der Waals surface area contributed by atoms with Gasteiger partial charge < -0.3 is 4.74 Å². The lowest BCUT2D eigenvalue weighted by Crippen LogP contribution is -2.14. The third-order valence-electron chi connectivity index (χ3n) is 2.98. The summed E-state index contributed by atoms with van der Waals surface area (Å²) < 4.78 is 82.6. The van der Waals surface area contributed by atoms with Crippen LogP contribution in [0.1, 0.15) is 12.5 Å². The second kappa shape index (κ2) is 6.68. The van der Waals surface area contributed by atoms with E-state index in [1.165, 1.54) is 12.1 Å². The van der Waals surface area contributed by atoms with Crippen LogP contribution in [0.3, 0.4) is 0 Å². The number of halogens is 4. The normalized spacial score (nSPS) is 12.0. The first-order valence-corrected chi connectivity index (χ1v) is 8.24.